The van der Waals surface area contributed by atoms with Gasteiger partial charge in [0.25, 0.3) is 0 Å². The van der Waals surface area contributed by atoms with Gasteiger partial charge in [0.05, 0.1) is 12.4 Å². The van der Waals surface area contributed by atoms with Gasteiger partial charge in [-0.05, 0) is 19.3 Å². The summed E-state index contributed by atoms with van der Waals surface area (Å²) in [5, 5.41) is 3.00. The molecule has 0 saturated carbocycles. The lowest BCUT2D eigenvalue weighted by Crippen LogP contribution is -2.38. The van der Waals surface area contributed by atoms with Crippen LogP contribution in [0.25, 0.3) is 0 Å². The minimum absolute atomic E-state index is 0.0772. The summed E-state index contributed by atoms with van der Waals surface area (Å²) in [7, 11) is -3.56. The first-order chi connectivity index (χ1) is 9.62. The van der Waals surface area contributed by atoms with Gasteiger partial charge in [-0.2, -0.15) is 0 Å². The van der Waals surface area contributed by atoms with E-state index in [2.05, 4.69) is 20.0 Å². The number of ether oxygens (including phenoxy) is 1. The zero-order chi connectivity index (χ0) is 14.4. The fourth-order valence-electron chi connectivity index (χ4n) is 1.89. The van der Waals surface area contributed by atoms with Crippen LogP contribution in [0.4, 0.5) is 5.95 Å². The summed E-state index contributed by atoms with van der Waals surface area (Å²) in [6.07, 6.45) is 4.99. The van der Waals surface area contributed by atoms with Crippen LogP contribution in [0.15, 0.2) is 17.3 Å². The average Bonchev–Trinajstić information content (AvgIpc) is 2.46. The quantitative estimate of drug-likeness (QED) is 0.805. The summed E-state index contributed by atoms with van der Waals surface area (Å²) >= 11 is 0. The molecule has 112 valence electrons. The van der Waals surface area contributed by atoms with Crippen LogP contribution < -0.4 is 10.0 Å². The molecular formula is C12H20N4O3S. The van der Waals surface area contributed by atoms with Gasteiger partial charge in [0.15, 0.2) is 0 Å². The Morgan fingerprint density at radius 2 is 1.95 bits per heavy atom. The molecule has 1 aromatic rings. The fraction of sp³-hybridized carbons (Fsp3) is 0.667. The molecule has 0 aliphatic carbocycles. The minimum Gasteiger partial charge on any atom is -0.381 e. The second-order valence-corrected chi connectivity index (χ2v) is 6.39. The second kappa shape index (κ2) is 6.96. The summed E-state index contributed by atoms with van der Waals surface area (Å²) in [6.45, 7) is 3.96. The van der Waals surface area contributed by atoms with E-state index in [-0.39, 0.29) is 10.9 Å². The van der Waals surface area contributed by atoms with Crippen LogP contribution in [0, 0.1) is 0 Å². The van der Waals surface area contributed by atoms with Gasteiger partial charge in [-0.1, -0.05) is 6.92 Å². The van der Waals surface area contributed by atoms with Gasteiger partial charge in [0.1, 0.15) is 4.90 Å². The molecule has 1 aromatic heterocycles. The van der Waals surface area contributed by atoms with Gasteiger partial charge in [0, 0.05) is 25.8 Å². The highest BCUT2D eigenvalue weighted by Gasteiger charge is 2.22. The summed E-state index contributed by atoms with van der Waals surface area (Å²) < 4.78 is 32.2. The zero-order valence-electron chi connectivity index (χ0n) is 11.5. The summed E-state index contributed by atoms with van der Waals surface area (Å²) in [6, 6.07) is -0.0772. The van der Waals surface area contributed by atoms with E-state index in [1.807, 2.05) is 6.92 Å². The minimum atomic E-state index is -3.56. The molecule has 0 atom stereocenters. The van der Waals surface area contributed by atoms with E-state index in [0.717, 1.165) is 13.0 Å². The first kappa shape index (κ1) is 15.1. The van der Waals surface area contributed by atoms with E-state index in [1.165, 1.54) is 12.4 Å². The molecule has 2 N–H and O–H groups in total. The highest BCUT2D eigenvalue weighted by Crippen LogP contribution is 2.12. The van der Waals surface area contributed by atoms with Crippen molar-refractivity contribution < 1.29 is 13.2 Å². The van der Waals surface area contributed by atoms with Crippen molar-refractivity contribution in [1.29, 1.82) is 0 Å². The van der Waals surface area contributed by atoms with E-state index < -0.39 is 10.0 Å². The van der Waals surface area contributed by atoms with Crippen LogP contribution >= 0.6 is 0 Å². The third-order valence-electron chi connectivity index (χ3n) is 3.01. The number of nitrogens with one attached hydrogen (secondary N) is 2. The predicted molar refractivity (Wildman–Crippen MR) is 75.0 cm³/mol. The largest absolute Gasteiger partial charge is 0.381 e. The molecular weight excluding hydrogens is 280 g/mol. The lowest BCUT2D eigenvalue weighted by Gasteiger charge is -2.22. The number of anilines is 1. The van der Waals surface area contributed by atoms with E-state index in [0.29, 0.717) is 32.0 Å². The van der Waals surface area contributed by atoms with E-state index in [4.69, 9.17) is 4.74 Å². The molecule has 1 aliphatic rings. The van der Waals surface area contributed by atoms with Crippen molar-refractivity contribution >= 4 is 16.0 Å². The van der Waals surface area contributed by atoms with Crippen molar-refractivity contribution in [3.05, 3.63) is 12.4 Å². The SMILES string of the molecule is CCCNc1ncc(S(=O)(=O)NC2CCOCC2)cn1. The van der Waals surface area contributed by atoms with E-state index in [1.54, 1.807) is 0 Å². The van der Waals surface area contributed by atoms with Gasteiger partial charge in [-0.3, -0.25) is 0 Å². The first-order valence-corrected chi connectivity index (χ1v) is 8.26. The van der Waals surface area contributed by atoms with E-state index in [9.17, 15) is 8.42 Å². The number of hydrogen-bond donors (Lipinski definition) is 2. The Morgan fingerprint density at radius 3 is 2.55 bits per heavy atom. The van der Waals surface area contributed by atoms with Crippen LogP contribution in [0.5, 0.6) is 0 Å². The van der Waals surface area contributed by atoms with Crippen molar-refractivity contribution in [3.63, 3.8) is 0 Å². The van der Waals surface area contributed by atoms with Gasteiger partial charge in [0.2, 0.25) is 16.0 Å². The smallest absolute Gasteiger partial charge is 0.243 e. The van der Waals surface area contributed by atoms with Crippen LogP contribution in [-0.2, 0) is 14.8 Å². The first-order valence-electron chi connectivity index (χ1n) is 6.78. The highest BCUT2D eigenvalue weighted by molar-refractivity contribution is 7.89. The molecule has 0 amide bonds. The number of rotatable bonds is 6. The Labute approximate surface area is 119 Å². The van der Waals surface area contributed by atoms with Crippen molar-refractivity contribution in [2.45, 2.75) is 37.1 Å². The molecule has 1 fully saturated rings. The standard InChI is InChI=1S/C12H20N4O3S/c1-2-5-13-12-14-8-11(9-15-12)20(17,18)16-10-3-6-19-7-4-10/h8-10,16H,2-7H2,1H3,(H,13,14,15). The normalized spacial score (nSPS) is 17.1. The van der Waals surface area contributed by atoms with Crippen molar-refractivity contribution in [3.8, 4) is 0 Å². The molecule has 7 nitrogen and oxygen atoms in total. The molecule has 1 saturated heterocycles. The average molecular weight is 300 g/mol. The van der Waals surface area contributed by atoms with Crippen LogP contribution in [-0.4, -0.2) is 44.2 Å². The zero-order valence-corrected chi connectivity index (χ0v) is 12.3. The molecule has 0 radical (unpaired) electrons. The molecule has 1 aliphatic heterocycles. The maximum absolute atomic E-state index is 12.2. The topological polar surface area (TPSA) is 93.2 Å². The molecule has 20 heavy (non-hydrogen) atoms. The maximum atomic E-state index is 12.2. The third-order valence-corrected chi connectivity index (χ3v) is 4.49. The molecule has 0 bridgehead atoms. The number of hydrogen-bond acceptors (Lipinski definition) is 6. The monoisotopic (exact) mass is 300 g/mol. The Kier molecular flexibility index (Phi) is 5.27. The number of nitrogens with zero attached hydrogens (tertiary/aromatic N) is 2. The van der Waals surface area contributed by atoms with E-state index >= 15 is 0 Å². The Bertz CT molecular complexity index is 512. The molecule has 2 heterocycles. The van der Waals surface area contributed by atoms with Crippen LogP contribution in [0.2, 0.25) is 0 Å². The Morgan fingerprint density at radius 1 is 1.30 bits per heavy atom. The molecule has 2 rings (SSSR count). The van der Waals surface area contributed by atoms with Crippen molar-refractivity contribution in [2.24, 2.45) is 0 Å². The van der Waals surface area contributed by atoms with Crippen LogP contribution in [0.3, 0.4) is 0 Å². The summed E-state index contributed by atoms with van der Waals surface area (Å²) in [5.41, 5.74) is 0. The van der Waals surface area contributed by atoms with Crippen LogP contribution in [0.1, 0.15) is 26.2 Å². The predicted octanol–water partition coefficient (Wildman–Crippen LogP) is 0.756. The third kappa shape index (κ3) is 4.12. The molecule has 0 aromatic carbocycles. The van der Waals surface area contributed by atoms with Gasteiger partial charge >= 0.3 is 0 Å². The summed E-state index contributed by atoms with van der Waals surface area (Å²) in [5.74, 6) is 0.442. The Hall–Kier alpha value is -1.25. The molecule has 0 spiro atoms. The van der Waals surface area contributed by atoms with Crippen molar-refractivity contribution in [2.75, 3.05) is 25.1 Å². The number of sulfonamides is 1. The highest BCUT2D eigenvalue weighted by atomic mass is 32.2. The van der Waals surface area contributed by atoms with Gasteiger partial charge in [-0.15, -0.1) is 0 Å². The van der Waals surface area contributed by atoms with Crippen molar-refractivity contribution in [1.82, 2.24) is 14.7 Å². The Balaban J connectivity index is 2.01. The van der Waals surface area contributed by atoms with Gasteiger partial charge in [-0.25, -0.2) is 23.1 Å². The summed E-state index contributed by atoms with van der Waals surface area (Å²) in [4.78, 5) is 8.11. The maximum Gasteiger partial charge on any atom is 0.243 e. The second-order valence-electron chi connectivity index (χ2n) is 4.68. The lowest BCUT2D eigenvalue weighted by atomic mass is 10.1. The van der Waals surface area contributed by atoms with Gasteiger partial charge < -0.3 is 10.1 Å². The molecule has 8 heteroatoms. The fourth-order valence-corrected chi connectivity index (χ4v) is 3.08. The molecule has 0 unspecified atom stereocenters. The lowest BCUT2D eigenvalue weighted by molar-refractivity contribution is 0.0832. The number of aromatic nitrogens is 2.